The van der Waals surface area contributed by atoms with Crippen LogP contribution in [0.25, 0.3) is 0 Å². The maximum absolute atomic E-state index is 11.4. The SMILES string of the molecule is CS(C)(=O)=O.Cc1ccc(O)cc1.Cc1ccc(OC(=O)ON2C(=O)CCC2=O)cc1.Cc1ccc(OCc2ccccc2)cc1.[2H]SC.[Na+].[O-]c1ccc(OCc2ccccc2)cc1. The van der Waals surface area contributed by atoms with Gasteiger partial charge in [-0.2, -0.15) is 12.5 Å². The van der Waals surface area contributed by atoms with Crippen molar-refractivity contribution in [2.24, 2.45) is 0 Å². The van der Waals surface area contributed by atoms with Gasteiger partial charge in [-0.1, -0.05) is 131 Å². The largest absolute Gasteiger partial charge is 1.00 e. The number of phenols is 1. The van der Waals surface area contributed by atoms with Crippen LogP contribution in [0.1, 0.15) is 40.7 Å². The van der Waals surface area contributed by atoms with E-state index < -0.39 is 27.8 Å². The topological polar surface area (TPSA) is 169 Å². The maximum atomic E-state index is 11.4. The Labute approximate surface area is 405 Å². The van der Waals surface area contributed by atoms with Gasteiger partial charge in [-0.25, -0.2) is 13.2 Å². The normalized spacial score (nSPS) is 11.2. The second-order valence-corrected chi connectivity index (χ2v) is 15.9. The third-order valence-electron chi connectivity index (χ3n) is 7.77. The van der Waals surface area contributed by atoms with Crippen LogP contribution in [0, 0.1) is 20.8 Å². The van der Waals surface area contributed by atoms with Gasteiger partial charge in [-0.15, -0.1) is 5.75 Å². The van der Waals surface area contributed by atoms with Gasteiger partial charge in [0, 0.05) is 25.4 Å². The summed E-state index contributed by atoms with van der Waals surface area (Å²) in [6.45, 7) is 7.10. The Bertz CT molecular complexity index is 2230. The van der Waals surface area contributed by atoms with E-state index in [1.54, 1.807) is 54.8 Å². The van der Waals surface area contributed by atoms with Crippen LogP contribution in [0.4, 0.5) is 4.79 Å². The molecule has 0 radical (unpaired) electrons. The quantitative estimate of drug-likeness (QED) is 0.0570. The van der Waals surface area contributed by atoms with Crippen LogP contribution in [-0.4, -0.2) is 56.4 Å². The number of nitrogens with zero attached hydrogens (tertiary/aromatic N) is 1. The number of imide groups is 1. The summed E-state index contributed by atoms with van der Waals surface area (Å²) in [6, 6.07) is 48.4. The van der Waals surface area contributed by atoms with E-state index in [1.165, 1.54) is 28.8 Å². The zero-order chi connectivity index (χ0) is 47.3. The second kappa shape index (κ2) is 31.1. The van der Waals surface area contributed by atoms with Gasteiger partial charge in [0.05, 0.1) is 0 Å². The number of aromatic hydroxyl groups is 1. The monoisotopic (exact) mass is 920 g/mol. The average molecular weight is 921 g/mol. The number of hydrogen-bond donors (Lipinski definition) is 2. The van der Waals surface area contributed by atoms with E-state index in [-0.39, 0.29) is 53.9 Å². The van der Waals surface area contributed by atoms with Gasteiger partial charge in [0.25, 0.3) is 11.8 Å². The van der Waals surface area contributed by atoms with Gasteiger partial charge >= 0.3 is 35.7 Å². The molecule has 6 aromatic carbocycles. The fraction of sp³-hybridized carbons (Fsp3) is 0.204. The van der Waals surface area contributed by atoms with Gasteiger partial charge in [0.15, 0.2) is 0 Å². The van der Waals surface area contributed by atoms with Gasteiger partial charge in [-0.05, 0) is 86.7 Å². The Kier molecular flexibility index (Phi) is 26.5. The molecule has 1 saturated heterocycles. The molecule has 15 heteroatoms. The van der Waals surface area contributed by atoms with Crippen molar-refractivity contribution in [3.8, 4) is 28.7 Å². The van der Waals surface area contributed by atoms with Crippen molar-refractivity contribution in [1.29, 1.82) is 1.12 Å². The molecule has 0 aromatic heterocycles. The Hall–Kier alpha value is -5.77. The van der Waals surface area contributed by atoms with Gasteiger partial charge in [-0.3, -0.25) is 14.4 Å². The Balaban J connectivity index is 0.000000417. The number of phenolic OH excluding ortho intramolecular Hbond substituents is 1. The zero-order valence-corrected chi connectivity index (χ0v) is 40.8. The van der Waals surface area contributed by atoms with Crippen LogP contribution >= 0.6 is 12.5 Å². The molecule has 1 heterocycles. The number of hydrogen-bond acceptors (Lipinski definition) is 12. The molecule has 0 atom stereocenters. The molecule has 6 aromatic rings. The van der Waals surface area contributed by atoms with E-state index in [0.717, 1.165) is 47.7 Å². The molecule has 0 unspecified atom stereocenters. The minimum atomic E-state index is -2.67. The molecule has 1 aliphatic rings. The van der Waals surface area contributed by atoms with Crippen molar-refractivity contribution in [3.63, 3.8) is 0 Å². The molecule has 12 nitrogen and oxygen atoms in total. The van der Waals surface area contributed by atoms with E-state index in [4.69, 9.17) is 20.4 Å². The summed E-state index contributed by atoms with van der Waals surface area (Å²) in [7, 11) is -2.67. The molecule has 1 N–H and O–H groups in total. The number of aryl methyl sites for hydroxylation is 3. The number of sulfone groups is 1. The van der Waals surface area contributed by atoms with Crippen LogP contribution in [0.2, 0.25) is 0 Å². The number of benzene rings is 6. The number of rotatable bonds is 8. The van der Waals surface area contributed by atoms with E-state index in [0.29, 0.717) is 24.0 Å². The molecule has 0 spiro atoms. The Morgan fingerprint density at radius 1 is 0.641 bits per heavy atom. The molecule has 2 amide bonds. The predicted octanol–water partition coefficient (Wildman–Crippen LogP) is 6.40. The third kappa shape index (κ3) is 26.0. The number of ether oxygens (including phenoxy) is 3. The van der Waals surface area contributed by atoms with Gasteiger partial charge < -0.3 is 24.4 Å². The van der Waals surface area contributed by atoms with Crippen LogP contribution in [-0.2, 0) is 37.5 Å². The summed E-state index contributed by atoms with van der Waals surface area (Å²) >= 11 is 1.000. The van der Waals surface area contributed by atoms with Crippen molar-refractivity contribution < 1.29 is 81.6 Å². The van der Waals surface area contributed by atoms with Crippen molar-refractivity contribution in [3.05, 3.63) is 186 Å². The molecular weight excluding hydrogens is 866 g/mol. The third-order valence-corrected chi connectivity index (χ3v) is 7.77. The molecule has 0 aliphatic carbocycles. The first-order valence-electron chi connectivity index (χ1n) is 19.8. The minimum absolute atomic E-state index is 0. The first kappa shape index (κ1) is 54.4. The van der Waals surface area contributed by atoms with Crippen molar-refractivity contribution >= 4 is 40.3 Å². The summed E-state index contributed by atoms with van der Waals surface area (Å²) in [6.07, 6.45) is 3.02. The number of amides is 2. The van der Waals surface area contributed by atoms with Crippen molar-refractivity contribution in [2.75, 3.05) is 18.8 Å². The van der Waals surface area contributed by atoms with Crippen molar-refractivity contribution in [1.82, 2.24) is 5.06 Å². The molecular formula is C49H54NNaO11S2. The van der Waals surface area contributed by atoms with Crippen molar-refractivity contribution in [2.45, 2.75) is 46.8 Å². The maximum Gasteiger partial charge on any atom is 1.00 e. The van der Waals surface area contributed by atoms with Gasteiger partial charge in [0.1, 0.15) is 47.2 Å². The zero-order valence-electron chi connectivity index (χ0n) is 38.1. The van der Waals surface area contributed by atoms with E-state index in [9.17, 15) is 27.9 Å². The molecule has 0 bridgehead atoms. The summed E-state index contributed by atoms with van der Waals surface area (Å²) in [5.41, 5.74) is 5.74. The summed E-state index contributed by atoms with van der Waals surface area (Å²) in [5, 5.41) is 20.0. The van der Waals surface area contributed by atoms with E-state index in [2.05, 4.69) is 36.0 Å². The average Bonchev–Trinajstić information content (AvgIpc) is 3.58. The number of thiol groups is 1. The Morgan fingerprint density at radius 3 is 1.33 bits per heavy atom. The molecule has 334 valence electrons. The van der Waals surface area contributed by atoms with Gasteiger partial charge in [0.2, 0.25) is 0 Å². The number of carbonyl (C=O) groups excluding carboxylic acids is 3. The standard InChI is InChI=1S/C14H14O.C13H12O2.C12H11NO5.C7H8O.C2H6O2S.CH4S.Na/c1-12-7-9-14(10-8-12)15-11-13-5-3-2-4-6-13;14-12-6-8-13(9-7-12)15-10-11-4-2-1-3-5-11;1-8-2-4-9(5-3-8)17-12(16)18-13-10(14)6-7-11(13)15;1-6-2-4-7(8)5-3-6;1-5(2,3)4;1-2;/h2-10H,11H2,1H3;1-9,14H,10H2;2-5H,6-7H2,1H3;2-5,8H,1H3;1-2H3;2H,1H3;/q;;;;;;+1/p-1/i/hD. The Morgan fingerprint density at radius 2 is 0.969 bits per heavy atom. The smallest absolute Gasteiger partial charge is 0.872 e. The van der Waals surface area contributed by atoms with Crippen LogP contribution in [0.3, 0.4) is 0 Å². The number of hydroxylamine groups is 2. The fourth-order valence-corrected chi connectivity index (χ4v) is 4.65. The summed E-state index contributed by atoms with van der Waals surface area (Å²) < 4.78 is 41.4. The van der Waals surface area contributed by atoms with Crippen LogP contribution in [0.15, 0.2) is 158 Å². The summed E-state index contributed by atoms with van der Waals surface area (Å²) in [5.74, 6) is 1.17. The molecule has 7 rings (SSSR count). The van der Waals surface area contributed by atoms with Crippen LogP contribution in [0.5, 0.6) is 28.7 Å². The molecule has 0 saturated carbocycles. The molecule has 64 heavy (non-hydrogen) atoms. The summed E-state index contributed by atoms with van der Waals surface area (Å²) in [4.78, 5) is 38.3. The fourth-order valence-electron chi connectivity index (χ4n) is 4.65. The first-order valence-corrected chi connectivity index (χ1v) is 22.5. The van der Waals surface area contributed by atoms with E-state index in [1.807, 2.05) is 86.6 Å². The minimum Gasteiger partial charge on any atom is -0.872 e. The van der Waals surface area contributed by atoms with Crippen LogP contribution < -0.4 is 48.9 Å². The molecule has 1 aliphatic heterocycles. The van der Waals surface area contributed by atoms with E-state index >= 15 is 0 Å². The first-order chi connectivity index (χ1) is 30.4. The number of carbonyl (C=O) groups is 3. The second-order valence-electron chi connectivity index (χ2n) is 13.6. The molecule has 1 fully saturated rings. The predicted molar refractivity (Wildman–Crippen MR) is 247 cm³/mol.